The summed E-state index contributed by atoms with van der Waals surface area (Å²) >= 11 is 0. The number of carbonyl (C=O) groups is 2. The van der Waals surface area contributed by atoms with Crippen LogP contribution in [0.3, 0.4) is 0 Å². The van der Waals surface area contributed by atoms with Gasteiger partial charge in [-0.25, -0.2) is 4.79 Å². The molecule has 0 saturated carbocycles. The highest BCUT2D eigenvalue weighted by atomic mass is 16.6. The fraction of sp³-hybridized carbons (Fsp3) is 0.500. The van der Waals surface area contributed by atoms with Gasteiger partial charge in [0.1, 0.15) is 0 Å². The van der Waals surface area contributed by atoms with Crippen molar-refractivity contribution in [3.05, 3.63) is 47.2 Å². The van der Waals surface area contributed by atoms with Crippen LogP contribution in [0.1, 0.15) is 41.4 Å². The third kappa shape index (κ3) is 5.35. The molecule has 1 aromatic heterocycles. The van der Waals surface area contributed by atoms with E-state index < -0.39 is 0 Å². The molecule has 2 amide bonds. The Bertz CT molecular complexity index is 986. The Hall–Kier alpha value is -3.36. The molecular weight excluding hydrogens is 420 g/mol. The second-order valence-corrected chi connectivity index (χ2v) is 8.72. The van der Waals surface area contributed by atoms with Gasteiger partial charge in [-0.15, -0.1) is 5.10 Å². The van der Waals surface area contributed by atoms with E-state index in [2.05, 4.69) is 20.4 Å². The van der Waals surface area contributed by atoms with Crippen LogP contribution in [-0.4, -0.2) is 73.5 Å². The lowest BCUT2D eigenvalue weighted by Gasteiger charge is -2.34. The summed E-state index contributed by atoms with van der Waals surface area (Å²) in [5.41, 5.74) is 3.71. The minimum Gasteiger partial charge on any atom is -0.450 e. The summed E-state index contributed by atoms with van der Waals surface area (Å²) in [7, 11) is 3.96. The first-order chi connectivity index (χ1) is 15.9. The normalized spacial score (nSPS) is 16.2. The monoisotopic (exact) mass is 452 g/mol. The number of aromatic nitrogens is 2. The summed E-state index contributed by atoms with van der Waals surface area (Å²) in [5, 5.41) is 12.0. The fourth-order valence-corrected chi connectivity index (χ4v) is 4.27. The maximum atomic E-state index is 12.6. The van der Waals surface area contributed by atoms with Crippen molar-refractivity contribution in [3.63, 3.8) is 0 Å². The van der Waals surface area contributed by atoms with Crippen molar-refractivity contribution >= 4 is 23.5 Å². The van der Waals surface area contributed by atoms with E-state index in [1.165, 1.54) is 0 Å². The van der Waals surface area contributed by atoms with Gasteiger partial charge in [0.05, 0.1) is 18.8 Å². The van der Waals surface area contributed by atoms with Crippen molar-refractivity contribution in [2.45, 2.75) is 38.8 Å². The lowest BCUT2D eigenvalue weighted by Crippen LogP contribution is -2.45. The topological polar surface area (TPSA) is 90.9 Å². The highest BCUT2D eigenvalue weighted by Crippen LogP contribution is 2.24. The van der Waals surface area contributed by atoms with Crippen molar-refractivity contribution in [3.8, 4) is 0 Å². The van der Waals surface area contributed by atoms with Gasteiger partial charge in [0.25, 0.3) is 5.91 Å². The number of hydrogen-bond donors (Lipinski definition) is 1. The summed E-state index contributed by atoms with van der Waals surface area (Å²) in [6, 6.07) is 9.81. The molecule has 3 heterocycles. The van der Waals surface area contributed by atoms with Crippen LogP contribution in [0.5, 0.6) is 0 Å². The van der Waals surface area contributed by atoms with Crippen LogP contribution in [-0.2, 0) is 17.7 Å². The summed E-state index contributed by atoms with van der Waals surface area (Å²) in [6.07, 6.45) is 2.09. The third-order valence-electron chi connectivity index (χ3n) is 6.25. The lowest BCUT2D eigenvalue weighted by atomic mass is 10.0. The van der Waals surface area contributed by atoms with Crippen LogP contribution < -0.4 is 15.1 Å². The van der Waals surface area contributed by atoms with Gasteiger partial charge < -0.3 is 24.8 Å². The van der Waals surface area contributed by atoms with Gasteiger partial charge in [0.15, 0.2) is 5.82 Å². The van der Waals surface area contributed by atoms with Crippen LogP contribution in [0, 0.1) is 0 Å². The number of nitrogens with one attached hydrogen (secondary N) is 1. The van der Waals surface area contributed by atoms with Gasteiger partial charge in [-0.1, -0.05) is 0 Å². The maximum Gasteiger partial charge on any atom is 0.410 e. The molecule has 0 spiro atoms. The second-order valence-electron chi connectivity index (χ2n) is 8.72. The number of fused-ring (bicyclic) bond motifs is 1. The molecule has 4 rings (SSSR count). The fourth-order valence-electron chi connectivity index (χ4n) is 4.27. The Labute approximate surface area is 194 Å². The average molecular weight is 453 g/mol. The van der Waals surface area contributed by atoms with Gasteiger partial charge in [-0.2, -0.15) is 5.10 Å². The standard InChI is InChI=1S/C24H32N6O3/c1-4-33-24(32)30-14-11-21-18(16-30)15-22(27-26-21)29-12-9-19(10-13-29)25-23(31)17-5-7-20(8-6-17)28(2)3/h5-8,15,19H,4,9-14,16H2,1-3H3,(H,25,31). The van der Waals surface area contributed by atoms with Crippen molar-refractivity contribution in [2.75, 3.05) is 50.1 Å². The summed E-state index contributed by atoms with van der Waals surface area (Å²) < 4.78 is 5.14. The largest absolute Gasteiger partial charge is 0.450 e. The Morgan fingerprint density at radius 3 is 2.52 bits per heavy atom. The third-order valence-corrected chi connectivity index (χ3v) is 6.25. The molecule has 0 atom stereocenters. The number of ether oxygens (including phenoxy) is 1. The molecule has 0 radical (unpaired) electrons. The van der Waals surface area contributed by atoms with Crippen LogP contribution in [0.4, 0.5) is 16.3 Å². The SMILES string of the molecule is CCOC(=O)N1CCc2nnc(N3CCC(NC(=O)c4ccc(N(C)C)cc4)CC3)cc2C1. The van der Waals surface area contributed by atoms with E-state index in [-0.39, 0.29) is 18.0 Å². The zero-order valence-electron chi connectivity index (χ0n) is 19.6. The summed E-state index contributed by atoms with van der Waals surface area (Å²) in [4.78, 5) is 30.6. The molecule has 9 heteroatoms. The number of nitrogens with zero attached hydrogens (tertiary/aromatic N) is 5. The van der Waals surface area contributed by atoms with E-state index in [0.29, 0.717) is 31.7 Å². The van der Waals surface area contributed by atoms with E-state index in [1.54, 1.807) is 4.90 Å². The summed E-state index contributed by atoms with van der Waals surface area (Å²) in [6.45, 7) is 4.86. The molecule has 0 aliphatic carbocycles. The Morgan fingerprint density at radius 1 is 1.12 bits per heavy atom. The number of carbonyl (C=O) groups excluding carboxylic acids is 2. The number of piperidine rings is 1. The second kappa shape index (κ2) is 10.1. The van der Waals surface area contributed by atoms with E-state index in [4.69, 9.17) is 4.74 Å². The van der Waals surface area contributed by atoms with Crippen LogP contribution in [0.25, 0.3) is 0 Å². The molecule has 1 aromatic carbocycles. The highest BCUT2D eigenvalue weighted by molar-refractivity contribution is 5.94. The van der Waals surface area contributed by atoms with Gasteiger partial charge in [-0.05, 0) is 55.7 Å². The molecular formula is C24H32N6O3. The molecule has 2 aliphatic heterocycles. The molecule has 9 nitrogen and oxygen atoms in total. The quantitative estimate of drug-likeness (QED) is 0.745. The van der Waals surface area contributed by atoms with Gasteiger partial charge in [0, 0.05) is 57.4 Å². The van der Waals surface area contributed by atoms with Gasteiger partial charge in [-0.3, -0.25) is 4.79 Å². The number of rotatable bonds is 5. The van der Waals surface area contributed by atoms with Gasteiger partial charge >= 0.3 is 6.09 Å². The Kier molecular flexibility index (Phi) is 6.96. The molecule has 1 N–H and O–H groups in total. The van der Waals surface area contributed by atoms with Crippen molar-refractivity contribution in [2.24, 2.45) is 0 Å². The van der Waals surface area contributed by atoms with Crippen LogP contribution >= 0.6 is 0 Å². The minimum absolute atomic E-state index is 0.0358. The molecule has 2 aliphatic rings. The predicted octanol–water partition coefficient (Wildman–Crippen LogP) is 2.46. The average Bonchev–Trinajstić information content (AvgIpc) is 2.84. The zero-order valence-corrected chi connectivity index (χ0v) is 19.6. The Morgan fingerprint density at radius 2 is 1.85 bits per heavy atom. The van der Waals surface area contributed by atoms with Gasteiger partial charge in [0.2, 0.25) is 0 Å². The number of anilines is 2. The number of amides is 2. The zero-order chi connectivity index (χ0) is 23.4. The number of benzene rings is 1. The van der Waals surface area contributed by atoms with Crippen LogP contribution in [0.2, 0.25) is 0 Å². The first kappa shape index (κ1) is 22.8. The van der Waals surface area contributed by atoms with Crippen LogP contribution in [0.15, 0.2) is 30.3 Å². The van der Waals surface area contributed by atoms with Crippen molar-refractivity contribution < 1.29 is 14.3 Å². The van der Waals surface area contributed by atoms with E-state index in [0.717, 1.165) is 48.7 Å². The Balaban J connectivity index is 1.32. The molecule has 33 heavy (non-hydrogen) atoms. The molecule has 1 fully saturated rings. The minimum atomic E-state index is -0.283. The molecule has 0 unspecified atom stereocenters. The molecule has 1 saturated heterocycles. The predicted molar refractivity (Wildman–Crippen MR) is 127 cm³/mol. The molecule has 2 aromatic rings. The first-order valence-electron chi connectivity index (χ1n) is 11.5. The van der Waals surface area contributed by atoms with Crippen molar-refractivity contribution in [1.29, 1.82) is 0 Å². The van der Waals surface area contributed by atoms with E-state index in [1.807, 2.05) is 56.3 Å². The van der Waals surface area contributed by atoms with E-state index in [9.17, 15) is 9.59 Å². The highest BCUT2D eigenvalue weighted by Gasteiger charge is 2.26. The van der Waals surface area contributed by atoms with Crippen molar-refractivity contribution in [1.82, 2.24) is 20.4 Å². The first-order valence-corrected chi connectivity index (χ1v) is 11.5. The lowest BCUT2D eigenvalue weighted by molar-refractivity contribution is 0.0930. The summed E-state index contributed by atoms with van der Waals surface area (Å²) in [5.74, 6) is 0.787. The maximum absolute atomic E-state index is 12.6. The smallest absolute Gasteiger partial charge is 0.410 e. The molecule has 0 bridgehead atoms. The van der Waals surface area contributed by atoms with E-state index >= 15 is 0 Å². The number of hydrogen-bond acceptors (Lipinski definition) is 7. The molecule has 176 valence electrons.